The van der Waals surface area contributed by atoms with Crippen LogP contribution in [0.25, 0.3) is 0 Å². The Kier molecular flexibility index (Phi) is 15.2. The van der Waals surface area contributed by atoms with Crippen molar-refractivity contribution in [3.8, 4) is 0 Å². The van der Waals surface area contributed by atoms with E-state index >= 15 is 0 Å². The van der Waals surface area contributed by atoms with Gasteiger partial charge in [-0.1, -0.05) is 44.7 Å². The molecule has 6 heteroatoms. The molecule has 0 aliphatic heterocycles. The first kappa shape index (κ1) is 19.9. The van der Waals surface area contributed by atoms with Crippen molar-refractivity contribution in [2.24, 2.45) is 0 Å². The minimum atomic E-state index is -0.215. The van der Waals surface area contributed by atoms with Gasteiger partial charge in [0.2, 0.25) is 0 Å². The van der Waals surface area contributed by atoms with E-state index in [2.05, 4.69) is 31.9 Å². The van der Waals surface area contributed by atoms with Crippen LogP contribution in [0.15, 0.2) is 0 Å². The van der Waals surface area contributed by atoms with Crippen LogP contribution in [0.3, 0.4) is 0 Å². The molecule has 0 aliphatic rings. The number of halogens is 2. The molecule has 0 saturated carbocycles. The summed E-state index contributed by atoms with van der Waals surface area (Å²) in [6.45, 7) is 0.314. The lowest BCUT2D eigenvalue weighted by Gasteiger charge is -2.06. The minimum absolute atomic E-state index is 0.157. The fourth-order valence-corrected chi connectivity index (χ4v) is 2.33. The van der Waals surface area contributed by atoms with Crippen LogP contribution < -0.4 is 0 Å². The van der Waals surface area contributed by atoms with Crippen LogP contribution in [0, 0.1) is 0 Å². The SMILES string of the molecule is O=C(CCCCCBr)OCCOC(=O)CCCCCBr. The van der Waals surface area contributed by atoms with Gasteiger partial charge in [-0.15, -0.1) is 0 Å². The third-order valence-electron chi connectivity index (χ3n) is 2.64. The van der Waals surface area contributed by atoms with Gasteiger partial charge in [0.05, 0.1) is 0 Å². The molecule has 0 unspecified atom stereocenters. The third-order valence-corrected chi connectivity index (χ3v) is 3.76. The lowest BCUT2D eigenvalue weighted by atomic mass is 10.2. The van der Waals surface area contributed by atoms with Crippen LogP contribution in [0.2, 0.25) is 0 Å². The number of carbonyl (C=O) groups excluding carboxylic acids is 2. The highest BCUT2D eigenvalue weighted by atomic mass is 79.9. The van der Waals surface area contributed by atoms with E-state index < -0.39 is 0 Å². The van der Waals surface area contributed by atoms with E-state index in [0.29, 0.717) is 12.8 Å². The molecule has 0 N–H and O–H groups in total. The number of rotatable bonds is 13. The van der Waals surface area contributed by atoms with Crippen molar-refractivity contribution in [3.63, 3.8) is 0 Å². The predicted molar refractivity (Wildman–Crippen MR) is 86.4 cm³/mol. The molecule has 0 amide bonds. The lowest BCUT2D eigenvalue weighted by molar-refractivity contribution is -0.152. The maximum Gasteiger partial charge on any atom is 0.305 e. The average Bonchev–Trinajstić information content (AvgIpc) is 2.44. The molecule has 0 saturated heterocycles. The molecule has 0 rings (SSSR count). The highest BCUT2D eigenvalue weighted by molar-refractivity contribution is 9.09. The van der Waals surface area contributed by atoms with Crippen LogP contribution >= 0.6 is 31.9 Å². The highest BCUT2D eigenvalue weighted by Gasteiger charge is 2.05. The van der Waals surface area contributed by atoms with E-state index in [-0.39, 0.29) is 25.2 Å². The second kappa shape index (κ2) is 15.3. The molecule has 0 atom stereocenters. The van der Waals surface area contributed by atoms with Gasteiger partial charge in [-0.05, 0) is 25.7 Å². The van der Waals surface area contributed by atoms with Gasteiger partial charge in [0.1, 0.15) is 13.2 Å². The predicted octanol–water partition coefficient (Wildman–Crippen LogP) is 3.98. The number of unbranched alkanes of at least 4 members (excludes halogenated alkanes) is 4. The number of alkyl halides is 2. The molecule has 0 fully saturated rings. The molecule has 0 radical (unpaired) electrons. The zero-order valence-corrected chi connectivity index (χ0v) is 15.0. The highest BCUT2D eigenvalue weighted by Crippen LogP contribution is 2.04. The van der Waals surface area contributed by atoms with E-state index in [1.54, 1.807) is 0 Å². The molecule has 0 aromatic carbocycles. The van der Waals surface area contributed by atoms with Gasteiger partial charge in [-0.3, -0.25) is 9.59 Å². The monoisotopic (exact) mass is 414 g/mol. The van der Waals surface area contributed by atoms with Crippen molar-refractivity contribution < 1.29 is 19.1 Å². The number of carbonyl (C=O) groups is 2. The quantitative estimate of drug-likeness (QED) is 0.259. The van der Waals surface area contributed by atoms with Crippen molar-refractivity contribution in [1.82, 2.24) is 0 Å². The molecule has 0 bridgehead atoms. The van der Waals surface area contributed by atoms with Crippen molar-refractivity contribution in [2.75, 3.05) is 23.9 Å². The molecular formula is C14H24Br2O4. The Balaban J connectivity index is 3.32. The van der Waals surface area contributed by atoms with Gasteiger partial charge in [0.25, 0.3) is 0 Å². The van der Waals surface area contributed by atoms with E-state index in [9.17, 15) is 9.59 Å². The van der Waals surface area contributed by atoms with Gasteiger partial charge >= 0.3 is 11.9 Å². The van der Waals surface area contributed by atoms with Crippen molar-refractivity contribution in [3.05, 3.63) is 0 Å². The first-order chi connectivity index (χ1) is 9.70. The molecule has 0 heterocycles. The summed E-state index contributed by atoms with van der Waals surface area (Å²) in [6.07, 6.45) is 6.74. The van der Waals surface area contributed by atoms with Crippen LogP contribution in [-0.4, -0.2) is 35.8 Å². The second-order valence-corrected chi connectivity index (χ2v) is 6.03. The molecule has 0 aromatic rings. The molecule has 0 spiro atoms. The van der Waals surface area contributed by atoms with Crippen molar-refractivity contribution >= 4 is 43.8 Å². The zero-order chi connectivity index (χ0) is 15.1. The Morgan fingerprint density at radius 3 is 1.40 bits per heavy atom. The lowest BCUT2D eigenvalue weighted by Crippen LogP contribution is -2.13. The van der Waals surface area contributed by atoms with E-state index in [4.69, 9.17) is 9.47 Å². The Bertz CT molecular complexity index is 234. The first-order valence-electron chi connectivity index (χ1n) is 7.14. The Labute approximate surface area is 138 Å². The van der Waals surface area contributed by atoms with E-state index in [0.717, 1.165) is 49.2 Å². The maximum atomic E-state index is 11.3. The van der Waals surface area contributed by atoms with Crippen LogP contribution in [0.5, 0.6) is 0 Å². The fourth-order valence-electron chi connectivity index (χ4n) is 1.54. The summed E-state index contributed by atoms with van der Waals surface area (Å²) in [4.78, 5) is 22.6. The molecule has 0 aliphatic carbocycles. The molecule has 4 nitrogen and oxygen atoms in total. The van der Waals surface area contributed by atoms with E-state index in [1.807, 2.05) is 0 Å². The van der Waals surface area contributed by atoms with Gasteiger partial charge in [-0.2, -0.15) is 0 Å². The number of esters is 2. The summed E-state index contributed by atoms with van der Waals surface area (Å²) in [6, 6.07) is 0. The standard InChI is InChI=1S/C14H24Br2O4/c15-9-5-1-3-7-13(17)19-11-12-20-14(18)8-4-2-6-10-16/h1-12H2. The Hall–Kier alpha value is -0.100. The molecule has 118 valence electrons. The summed E-state index contributed by atoms with van der Waals surface area (Å²) in [7, 11) is 0. The van der Waals surface area contributed by atoms with Crippen molar-refractivity contribution in [2.45, 2.75) is 51.4 Å². The average molecular weight is 416 g/mol. The Morgan fingerprint density at radius 1 is 0.650 bits per heavy atom. The fraction of sp³-hybridized carbons (Fsp3) is 0.857. The molecule has 20 heavy (non-hydrogen) atoms. The van der Waals surface area contributed by atoms with Crippen LogP contribution in [-0.2, 0) is 19.1 Å². The van der Waals surface area contributed by atoms with Gasteiger partial charge in [0, 0.05) is 23.5 Å². The third kappa shape index (κ3) is 14.3. The topological polar surface area (TPSA) is 52.6 Å². The normalized spacial score (nSPS) is 10.3. The molecular weight excluding hydrogens is 392 g/mol. The number of ether oxygens (including phenoxy) is 2. The smallest absolute Gasteiger partial charge is 0.305 e. The van der Waals surface area contributed by atoms with Gasteiger partial charge in [0.15, 0.2) is 0 Å². The summed E-state index contributed by atoms with van der Waals surface area (Å²) < 4.78 is 9.96. The molecule has 0 aromatic heterocycles. The summed E-state index contributed by atoms with van der Waals surface area (Å²) >= 11 is 6.68. The first-order valence-corrected chi connectivity index (χ1v) is 9.38. The van der Waals surface area contributed by atoms with Gasteiger partial charge < -0.3 is 9.47 Å². The van der Waals surface area contributed by atoms with Crippen LogP contribution in [0.1, 0.15) is 51.4 Å². The minimum Gasteiger partial charge on any atom is -0.462 e. The zero-order valence-electron chi connectivity index (χ0n) is 11.9. The van der Waals surface area contributed by atoms with Gasteiger partial charge in [-0.25, -0.2) is 0 Å². The number of hydrogen-bond donors (Lipinski definition) is 0. The van der Waals surface area contributed by atoms with E-state index in [1.165, 1.54) is 0 Å². The summed E-state index contributed by atoms with van der Waals surface area (Å²) in [5, 5.41) is 1.93. The number of hydrogen-bond acceptors (Lipinski definition) is 4. The second-order valence-electron chi connectivity index (χ2n) is 4.44. The largest absolute Gasteiger partial charge is 0.462 e. The van der Waals surface area contributed by atoms with Crippen LogP contribution in [0.4, 0.5) is 0 Å². The van der Waals surface area contributed by atoms with Crippen molar-refractivity contribution in [1.29, 1.82) is 0 Å². The Morgan fingerprint density at radius 2 is 1.05 bits per heavy atom. The summed E-state index contributed by atoms with van der Waals surface area (Å²) in [5.41, 5.74) is 0. The maximum absolute atomic E-state index is 11.3. The summed E-state index contributed by atoms with van der Waals surface area (Å²) in [5.74, 6) is -0.430.